The molecule has 2 aliphatic rings. The summed E-state index contributed by atoms with van der Waals surface area (Å²) in [6.45, 7) is 8.84. The van der Waals surface area contributed by atoms with Crippen LogP contribution in [0.4, 0.5) is 0 Å². The summed E-state index contributed by atoms with van der Waals surface area (Å²) in [7, 11) is 0. The lowest BCUT2D eigenvalue weighted by atomic mass is 9.92. The highest BCUT2D eigenvalue weighted by molar-refractivity contribution is 5.14. The number of hydrogen-bond acceptors (Lipinski definition) is 0. The number of nitrogens with zero attached hydrogens (tertiary/aromatic N) is 1. The molecule has 0 bridgehead atoms. The SMILES string of the molecule is C=[N+]1CCC2(CC2)CC(C)C1. The molecular formula is C10H18N+. The van der Waals surface area contributed by atoms with E-state index in [-0.39, 0.29) is 0 Å². The first-order valence-corrected chi connectivity index (χ1v) is 4.76. The first-order valence-electron chi connectivity index (χ1n) is 4.76. The van der Waals surface area contributed by atoms with Gasteiger partial charge < -0.3 is 0 Å². The molecule has 1 aliphatic heterocycles. The maximum atomic E-state index is 4.03. The quantitative estimate of drug-likeness (QED) is 0.466. The van der Waals surface area contributed by atoms with Crippen molar-refractivity contribution >= 4 is 6.72 Å². The topological polar surface area (TPSA) is 3.01 Å². The maximum Gasteiger partial charge on any atom is 0.144 e. The summed E-state index contributed by atoms with van der Waals surface area (Å²) < 4.78 is 2.25. The Labute approximate surface area is 69.1 Å². The van der Waals surface area contributed by atoms with Crippen LogP contribution in [0.15, 0.2) is 0 Å². The van der Waals surface area contributed by atoms with Gasteiger partial charge in [-0.2, -0.15) is 0 Å². The largest absolute Gasteiger partial charge is 0.242 e. The van der Waals surface area contributed by atoms with Crippen LogP contribution in [0.3, 0.4) is 0 Å². The molecule has 62 valence electrons. The lowest BCUT2D eigenvalue weighted by molar-refractivity contribution is -0.523. The van der Waals surface area contributed by atoms with Gasteiger partial charge in [0.15, 0.2) is 0 Å². The highest BCUT2D eigenvalue weighted by Gasteiger charge is 2.45. The van der Waals surface area contributed by atoms with E-state index >= 15 is 0 Å². The summed E-state index contributed by atoms with van der Waals surface area (Å²) in [5.74, 6) is 0.873. The average molecular weight is 152 g/mol. The van der Waals surface area contributed by atoms with Gasteiger partial charge in [0.2, 0.25) is 0 Å². The summed E-state index contributed by atoms with van der Waals surface area (Å²) >= 11 is 0. The van der Waals surface area contributed by atoms with E-state index in [1.165, 1.54) is 38.8 Å². The molecule has 1 nitrogen and oxygen atoms in total. The van der Waals surface area contributed by atoms with Crippen LogP contribution in [0.25, 0.3) is 0 Å². The second-order valence-corrected chi connectivity index (χ2v) is 4.64. The van der Waals surface area contributed by atoms with Crippen molar-refractivity contribution in [2.24, 2.45) is 11.3 Å². The monoisotopic (exact) mass is 152 g/mol. The van der Waals surface area contributed by atoms with E-state index in [9.17, 15) is 0 Å². The molecule has 1 saturated carbocycles. The van der Waals surface area contributed by atoms with E-state index in [1.54, 1.807) is 0 Å². The van der Waals surface area contributed by atoms with Gasteiger partial charge in [0, 0.05) is 12.3 Å². The number of hydrogen-bond donors (Lipinski definition) is 0. The molecule has 11 heavy (non-hydrogen) atoms. The molecule has 2 rings (SSSR count). The first-order chi connectivity index (χ1) is 5.20. The Morgan fingerprint density at radius 3 is 2.73 bits per heavy atom. The summed E-state index contributed by atoms with van der Waals surface area (Å²) in [5.41, 5.74) is 0.784. The minimum atomic E-state index is 0.784. The van der Waals surface area contributed by atoms with Gasteiger partial charge in [0.25, 0.3) is 0 Å². The fourth-order valence-electron chi connectivity index (χ4n) is 2.46. The van der Waals surface area contributed by atoms with Crippen LogP contribution in [-0.4, -0.2) is 24.4 Å². The Morgan fingerprint density at radius 1 is 1.36 bits per heavy atom. The van der Waals surface area contributed by atoms with Crippen molar-refractivity contribution in [3.63, 3.8) is 0 Å². The summed E-state index contributed by atoms with van der Waals surface area (Å²) in [4.78, 5) is 0. The Balaban J connectivity index is 2.04. The highest BCUT2D eigenvalue weighted by atomic mass is 15.0. The third-order valence-corrected chi connectivity index (χ3v) is 3.27. The summed E-state index contributed by atoms with van der Waals surface area (Å²) in [6.07, 6.45) is 5.84. The Morgan fingerprint density at radius 2 is 2.09 bits per heavy atom. The van der Waals surface area contributed by atoms with Gasteiger partial charge in [-0.15, -0.1) is 0 Å². The van der Waals surface area contributed by atoms with Crippen molar-refractivity contribution in [3.05, 3.63) is 0 Å². The lowest BCUT2D eigenvalue weighted by Gasteiger charge is -2.10. The average Bonchev–Trinajstić information content (AvgIpc) is 2.66. The standard InChI is InChI=1S/C10H18N/c1-9-7-10(3-4-10)5-6-11(2)8-9/h9H,2-8H2,1H3/q+1. The van der Waals surface area contributed by atoms with Crippen LogP contribution < -0.4 is 0 Å². The zero-order valence-corrected chi connectivity index (χ0v) is 7.47. The van der Waals surface area contributed by atoms with E-state index < -0.39 is 0 Å². The molecule has 0 radical (unpaired) electrons. The molecule has 1 unspecified atom stereocenters. The fraction of sp³-hybridized carbons (Fsp3) is 0.900. The third kappa shape index (κ3) is 1.47. The minimum Gasteiger partial charge on any atom is -0.242 e. The Hall–Kier alpha value is -0.330. The van der Waals surface area contributed by atoms with Gasteiger partial charge in [-0.1, -0.05) is 6.92 Å². The van der Waals surface area contributed by atoms with E-state index in [4.69, 9.17) is 0 Å². The van der Waals surface area contributed by atoms with E-state index in [0.29, 0.717) is 0 Å². The van der Waals surface area contributed by atoms with Crippen LogP contribution in [-0.2, 0) is 0 Å². The molecule has 0 aromatic carbocycles. The molecule has 0 N–H and O–H groups in total. The number of rotatable bonds is 0. The minimum absolute atomic E-state index is 0.784. The molecule has 0 aromatic heterocycles. The van der Waals surface area contributed by atoms with Crippen LogP contribution in [0.5, 0.6) is 0 Å². The van der Waals surface area contributed by atoms with Gasteiger partial charge in [-0.05, 0) is 24.7 Å². The molecule has 1 atom stereocenters. The van der Waals surface area contributed by atoms with Crippen molar-refractivity contribution in [1.82, 2.24) is 0 Å². The predicted octanol–water partition coefficient (Wildman–Crippen LogP) is 1.91. The second kappa shape index (κ2) is 2.33. The van der Waals surface area contributed by atoms with Crippen LogP contribution >= 0.6 is 0 Å². The van der Waals surface area contributed by atoms with Crippen LogP contribution in [0, 0.1) is 11.3 Å². The summed E-state index contributed by atoms with van der Waals surface area (Å²) in [6, 6.07) is 0. The first kappa shape index (κ1) is 7.33. The van der Waals surface area contributed by atoms with Gasteiger partial charge in [0.05, 0.1) is 0 Å². The Bertz CT molecular complexity index is 179. The third-order valence-electron chi connectivity index (χ3n) is 3.27. The molecule has 1 heteroatoms. The van der Waals surface area contributed by atoms with Crippen molar-refractivity contribution in [2.45, 2.75) is 32.6 Å². The van der Waals surface area contributed by atoms with Crippen molar-refractivity contribution in [1.29, 1.82) is 0 Å². The fourth-order valence-corrected chi connectivity index (χ4v) is 2.46. The zero-order chi connectivity index (χ0) is 7.90. The predicted molar refractivity (Wildman–Crippen MR) is 47.2 cm³/mol. The molecule has 1 saturated heterocycles. The Kier molecular flexibility index (Phi) is 1.55. The van der Waals surface area contributed by atoms with Gasteiger partial charge >= 0.3 is 0 Å². The summed E-state index contributed by atoms with van der Waals surface area (Å²) in [5, 5.41) is 0. The molecule has 1 heterocycles. The normalized spacial score (nSPS) is 35.4. The molecule has 2 fully saturated rings. The van der Waals surface area contributed by atoms with E-state index in [0.717, 1.165) is 11.3 Å². The molecule has 1 aliphatic carbocycles. The van der Waals surface area contributed by atoms with E-state index in [2.05, 4.69) is 18.2 Å². The van der Waals surface area contributed by atoms with Crippen molar-refractivity contribution in [3.8, 4) is 0 Å². The van der Waals surface area contributed by atoms with E-state index in [1.807, 2.05) is 0 Å². The van der Waals surface area contributed by atoms with Gasteiger partial charge in [0.1, 0.15) is 19.8 Å². The van der Waals surface area contributed by atoms with Crippen LogP contribution in [0.2, 0.25) is 0 Å². The molecular weight excluding hydrogens is 134 g/mol. The lowest BCUT2D eigenvalue weighted by Crippen LogP contribution is -2.14. The maximum absolute atomic E-state index is 4.03. The zero-order valence-electron chi connectivity index (χ0n) is 7.47. The molecule has 1 spiro atoms. The van der Waals surface area contributed by atoms with Crippen molar-refractivity contribution < 1.29 is 4.58 Å². The van der Waals surface area contributed by atoms with Crippen molar-refractivity contribution in [2.75, 3.05) is 13.1 Å². The van der Waals surface area contributed by atoms with Gasteiger partial charge in [-0.25, -0.2) is 4.58 Å². The highest BCUT2D eigenvalue weighted by Crippen LogP contribution is 2.54. The van der Waals surface area contributed by atoms with Crippen LogP contribution in [0.1, 0.15) is 32.6 Å². The second-order valence-electron chi connectivity index (χ2n) is 4.64. The van der Waals surface area contributed by atoms with Gasteiger partial charge in [-0.3, -0.25) is 0 Å². The molecule has 0 aromatic rings. The smallest absolute Gasteiger partial charge is 0.144 e. The molecule has 0 amide bonds.